The van der Waals surface area contributed by atoms with Crippen molar-refractivity contribution in [3.05, 3.63) is 52.5 Å². The second kappa shape index (κ2) is 7.15. The fourth-order valence-electron chi connectivity index (χ4n) is 3.42. The zero-order chi connectivity index (χ0) is 17.2. The summed E-state index contributed by atoms with van der Waals surface area (Å²) in [4.78, 5) is 4.04. The zero-order valence-electron chi connectivity index (χ0n) is 14.3. The molecule has 0 bridgehead atoms. The molecule has 1 aromatic heterocycles. The number of benzene rings is 2. The van der Waals surface area contributed by atoms with Crippen LogP contribution in [0.1, 0.15) is 0 Å². The van der Waals surface area contributed by atoms with Gasteiger partial charge in [0, 0.05) is 5.69 Å². The fraction of sp³-hybridized carbons (Fsp3) is 0.316. The Balaban J connectivity index is 1.43. The van der Waals surface area contributed by atoms with Crippen molar-refractivity contribution in [2.75, 3.05) is 38.2 Å². The summed E-state index contributed by atoms with van der Waals surface area (Å²) < 4.78 is 9.80. The topological polar surface area (TPSA) is 21.8 Å². The van der Waals surface area contributed by atoms with Crippen LogP contribution in [0.4, 0.5) is 5.69 Å². The average molecular weight is 373 g/mol. The maximum atomic E-state index is 5.59. The Kier molecular flexibility index (Phi) is 4.74. The van der Waals surface area contributed by atoms with Crippen LogP contribution in [0.15, 0.2) is 48.5 Å². The van der Waals surface area contributed by atoms with E-state index in [1.54, 1.807) is 23.3 Å². The Bertz CT molecular complexity index is 908. The predicted octanol–water partition coefficient (Wildman–Crippen LogP) is 2.80. The van der Waals surface area contributed by atoms with Gasteiger partial charge in [0.15, 0.2) is 10.6 Å². The van der Waals surface area contributed by atoms with Gasteiger partial charge in [-0.1, -0.05) is 12.1 Å². The van der Waals surface area contributed by atoms with E-state index in [1.165, 1.54) is 15.9 Å². The number of para-hydroxylation sites is 1. The summed E-state index contributed by atoms with van der Waals surface area (Å²) >= 11 is 7.30. The highest BCUT2D eigenvalue weighted by Crippen LogP contribution is 2.22. The number of piperazine rings is 1. The first-order valence-electron chi connectivity index (χ1n) is 8.55. The summed E-state index contributed by atoms with van der Waals surface area (Å²) in [6.45, 7) is 5.34. The quantitative estimate of drug-likeness (QED) is 0.712. The second-order valence-electron chi connectivity index (χ2n) is 6.36. The molecule has 2 aromatic carbocycles. The second-order valence-corrected chi connectivity index (χ2v) is 8.03. The van der Waals surface area contributed by atoms with Gasteiger partial charge in [-0.3, -0.25) is 4.57 Å². The summed E-state index contributed by atoms with van der Waals surface area (Å²) in [5, 5.41) is 0. The fourth-order valence-corrected chi connectivity index (χ4v) is 4.74. The van der Waals surface area contributed by atoms with Crippen molar-refractivity contribution >= 4 is 39.5 Å². The normalized spacial score (nSPS) is 15.6. The molecule has 3 aromatic rings. The number of thiazole rings is 1. The molecule has 4 rings (SSSR count). The molecule has 1 N–H and O–H groups in total. The lowest BCUT2D eigenvalue weighted by Gasteiger charge is -2.33. The molecule has 0 unspecified atom stereocenters. The third-order valence-corrected chi connectivity index (χ3v) is 6.29. The molecule has 0 spiro atoms. The molecule has 130 valence electrons. The molecule has 2 heterocycles. The van der Waals surface area contributed by atoms with E-state index in [9.17, 15) is 0 Å². The highest BCUT2D eigenvalue weighted by Gasteiger charge is 2.21. The maximum absolute atomic E-state index is 5.59. The van der Waals surface area contributed by atoms with Crippen LogP contribution in [0.5, 0.6) is 5.75 Å². The Morgan fingerprint density at radius 2 is 1.80 bits per heavy atom. The lowest BCUT2D eigenvalue weighted by atomic mass is 10.2. The number of ether oxygens (including phenoxy) is 1. The van der Waals surface area contributed by atoms with Crippen LogP contribution in [0, 0.1) is 3.95 Å². The monoisotopic (exact) mass is 372 g/mol. The van der Waals surface area contributed by atoms with Crippen molar-refractivity contribution in [2.24, 2.45) is 0 Å². The standard InChI is InChI=1S/C19H21N3OS2/c1-23-16-8-6-15(7-9-16)21-12-10-20(11-13-21)14-22-17-4-2-3-5-18(17)25-19(22)24/h2-9H,10-14H2,1H3/p+1. The molecule has 4 nitrogen and oxygen atoms in total. The Labute approximate surface area is 156 Å². The first-order valence-corrected chi connectivity index (χ1v) is 9.78. The molecule has 0 amide bonds. The number of fused-ring (bicyclic) bond motifs is 1. The van der Waals surface area contributed by atoms with Crippen molar-refractivity contribution in [1.29, 1.82) is 0 Å². The Morgan fingerprint density at radius 1 is 1.08 bits per heavy atom. The van der Waals surface area contributed by atoms with Crippen LogP contribution in [0.3, 0.4) is 0 Å². The minimum absolute atomic E-state index is 0.909. The van der Waals surface area contributed by atoms with E-state index < -0.39 is 0 Å². The number of aromatic nitrogens is 1. The van der Waals surface area contributed by atoms with Gasteiger partial charge in [-0.15, -0.1) is 11.3 Å². The predicted molar refractivity (Wildman–Crippen MR) is 107 cm³/mol. The minimum atomic E-state index is 0.909. The SMILES string of the molecule is COc1ccc(N2CC[NH+](Cn3c(=S)sc4ccccc43)CC2)cc1. The lowest BCUT2D eigenvalue weighted by Crippen LogP contribution is -3.14. The van der Waals surface area contributed by atoms with Crippen LogP contribution >= 0.6 is 23.6 Å². The number of hydrogen-bond donors (Lipinski definition) is 1. The Hall–Kier alpha value is -1.89. The highest BCUT2D eigenvalue weighted by molar-refractivity contribution is 7.73. The Morgan fingerprint density at radius 3 is 2.52 bits per heavy atom. The van der Waals surface area contributed by atoms with E-state index in [1.807, 2.05) is 12.1 Å². The number of methoxy groups -OCH3 is 1. The molecule has 25 heavy (non-hydrogen) atoms. The molecular weight excluding hydrogens is 350 g/mol. The molecule has 0 aliphatic carbocycles. The molecule has 0 atom stereocenters. The van der Waals surface area contributed by atoms with Crippen molar-refractivity contribution in [2.45, 2.75) is 6.67 Å². The zero-order valence-corrected chi connectivity index (χ0v) is 15.9. The summed E-state index contributed by atoms with van der Waals surface area (Å²) in [6, 6.07) is 16.9. The van der Waals surface area contributed by atoms with Crippen molar-refractivity contribution in [3.63, 3.8) is 0 Å². The van der Waals surface area contributed by atoms with Gasteiger partial charge in [-0.05, 0) is 48.6 Å². The van der Waals surface area contributed by atoms with Crippen LogP contribution < -0.4 is 14.5 Å². The largest absolute Gasteiger partial charge is 0.497 e. The van der Waals surface area contributed by atoms with Gasteiger partial charge in [-0.25, -0.2) is 0 Å². The van der Waals surface area contributed by atoms with E-state index in [4.69, 9.17) is 17.0 Å². The molecule has 0 saturated carbocycles. The summed E-state index contributed by atoms with van der Waals surface area (Å²) in [7, 11) is 1.70. The van der Waals surface area contributed by atoms with Gasteiger partial charge in [0.1, 0.15) is 5.75 Å². The van der Waals surface area contributed by atoms with Crippen molar-refractivity contribution in [1.82, 2.24) is 4.57 Å². The molecule has 1 fully saturated rings. The van der Waals surface area contributed by atoms with Gasteiger partial charge < -0.3 is 14.5 Å². The smallest absolute Gasteiger partial charge is 0.166 e. The number of nitrogens with one attached hydrogen (secondary N) is 1. The number of rotatable bonds is 4. The van der Waals surface area contributed by atoms with Gasteiger partial charge in [0.25, 0.3) is 0 Å². The third kappa shape index (κ3) is 3.42. The van der Waals surface area contributed by atoms with E-state index in [-0.39, 0.29) is 0 Å². The highest BCUT2D eigenvalue weighted by atomic mass is 32.1. The van der Waals surface area contributed by atoms with Crippen LogP contribution in [0.25, 0.3) is 10.2 Å². The van der Waals surface area contributed by atoms with Gasteiger partial charge in [0.05, 0.1) is 43.5 Å². The van der Waals surface area contributed by atoms with Crippen LogP contribution in [-0.4, -0.2) is 37.9 Å². The number of nitrogens with zero attached hydrogens (tertiary/aromatic N) is 2. The lowest BCUT2D eigenvalue weighted by molar-refractivity contribution is -0.923. The number of hydrogen-bond acceptors (Lipinski definition) is 4. The average Bonchev–Trinajstić information content (AvgIpc) is 2.98. The van der Waals surface area contributed by atoms with Crippen molar-refractivity contribution in [3.8, 4) is 5.75 Å². The van der Waals surface area contributed by atoms with E-state index >= 15 is 0 Å². The van der Waals surface area contributed by atoms with Crippen LogP contribution in [0.2, 0.25) is 0 Å². The minimum Gasteiger partial charge on any atom is -0.497 e. The molecule has 6 heteroatoms. The summed E-state index contributed by atoms with van der Waals surface area (Å²) in [5.74, 6) is 0.909. The van der Waals surface area contributed by atoms with Crippen LogP contribution in [-0.2, 0) is 6.67 Å². The van der Waals surface area contributed by atoms with Gasteiger partial charge in [-0.2, -0.15) is 0 Å². The molecule has 1 aliphatic rings. The molecule has 1 saturated heterocycles. The first kappa shape index (κ1) is 16.6. The van der Waals surface area contributed by atoms with Crippen molar-refractivity contribution < 1.29 is 9.64 Å². The van der Waals surface area contributed by atoms with Gasteiger partial charge in [0.2, 0.25) is 0 Å². The first-order chi connectivity index (χ1) is 12.2. The molecular formula is C19H22N3OS2+. The van der Waals surface area contributed by atoms with E-state index in [0.717, 1.165) is 42.6 Å². The van der Waals surface area contributed by atoms with Gasteiger partial charge >= 0.3 is 0 Å². The summed E-state index contributed by atoms with van der Waals surface area (Å²) in [6.07, 6.45) is 0. The number of quaternary nitrogens is 1. The maximum Gasteiger partial charge on any atom is 0.166 e. The third-order valence-electron chi connectivity index (χ3n) is 4.86. The molecule has 1 aliphatic heterocycles. The van der Waals surface area contributed by atoms with E-state index in [0.29, 0.717) is 0 Å². The summed E-state index contributed by atoms with van der Waals surface area (Å²) in [5.41, 5.74) is 2.54. The molecule has 0 radical (unpaired) electrons. The number of anilines is 1. The van der Waals surface area contributed by atoms with E-state index in [2.05, 4.69) is 45.9 Å².